The van der Waals surface area contributed by atoms with Gasteiger partial charge in [0, 0.05) is 37.7 Å². The number of amides is 1. The molecular formula is C22H32N6O2. The Bertz CT molecular complexity index is 865. The van der Waals surface area contributed by atoms with Crippen LogP contribution >= 0.6 is 0 Å². The van der Waals surface area contributed by atoms with Gasteiger partial charge in [0.15, 0.2) is 5.82 Å². The fourth-order valence-electron chi connectivity index (χ4n) is 4.77. The number of H-pyrrole nitrogens is 1. The number of hydrogen-bond acceptors (Lipinski definition) is 5. The molecule has 0 aromatic carbocycles. The minimum atomic E-state index is -0.0233. The number of piperidine rings is 1. The molecule has 1 saturated carbocycles. The summed E-state index contributed by atoms with van der Waals surface area (Å²) in [6.07, 6.45) is 10.7. The van der Waals surface area contributed by atoms with Gasteiger partial charge in [0.25, 0.3) is 0 Å². The number of likely N-dealkylation sites (tertiary alicyclic amines) is 1. The maximum Gasteiger partial charge on any atom is 0.248 e. The molecular weight excluding hydrogens is 380 g/mol. The van der Waals surface area contributed by atoms with Gasteiger partial charge in [-0.25, -0.2) is 9.97 Å². The van der Waals surface area contributed by atoms with Crippen LogP contribution in [0, 0.1) is 18.8 Å². The van der Waals surface area contributed by atoms with Gasteiger partial charge < -0.3 is 24.1 Å². The fourth-order valence-corrected chi connectivity index (χ4v) is 4.77. The molecule has 1 amide bonds. The van der Waals surface area contributed by atoms with Crippen molar-refractivity contribution in [2.24, 2.45) is 11.8 Å². The molecule has 1 aliphatic carbocycles. The van der Waals surface area contributed by atoms with Crippen molar-refractivity contribution in [2.75, 3.05) is 39.3 Å². The molecule has 2 aromatic heterocycles. The van der Waals surface area contributed by atoms with E-state index in [4.69, 9.17) is 4.74 Å². The van der Waals surface area contributed by atoms with Gasteiger partial charge in [-0.2, -0.15) is 0 Å². The van der Waals surface area contributed by atoms with Crippen LogP contribution in [0.25, 0.3) is 11.5 Å². The van der Waals surface area contributed by atoms with Crippen molar-refractivity contribution in [3.63, 3.8) is 0 Å². The molecule has 0 bridgehead atoms. The van der Waals surface area contributed by atoms with Crippen LogP contribution < -0.4 is 0 Å². The number of aromatic nitrogens is 4. The molecule has 5 rings (SSSR count). The zero-order valence-electron chi connectivity index (χ0n) is 17.8. The fraction of sp³-hybridized carbons (Fsp3) is 0.682. The second-order valence-electron chi connectivity index (χ2n) is 9.20. The third-order valence-electron chi connectivity index (χ3n) is 6.78. The Balaban J connectivity index is 1.16. The van der Waals surface area contributed by atoms with Crippen LogP contribution in [0.1, 0.15) is 31.4 Å². The Labute approximate surface area is 177 Å². The lowest BCUT2D eigenvalue weighted by Gasteiger charge is -2.38. The topological polar surface area (TPSA) is 79.3 Å². The number of nitrogens with zero attached hydrogens (tertiary/aromatic N) is 5. The predicted molar refractivity (Wildman–Crippen MR) is 113 cm³/mol. The molecule has 2 aliphatic heterocycles. The van der Waals surface area contributed by atoms with E-state index >= 15 is 0 Å². The van der Waals surface area contributed by atoms with Crippen LogP contribution in [0.5, 0.6) is 0 Å². The van der Waals surface area contributed by atoms with Crippen molar-refractivity contribution in [1.29, 1.82) is 0 Å². The van der Waals surface area contributed by atoms with E-state index in [1.54, 1.807) is 12.5 Å². The average molecular weight is 413 g/mol. The number of carbonyl (C=O) groups is 1. The lowest BCUT2D eigenvalue weighted by atomic mass is 9.95. The molecule has 0 radical (unpaired) electrons. The quantitative estimate of drug-likeness (QED) is 0.752. The van der Waals surface area contributed by atoms with Crippen molar-refractivity contribution in [1.82, 2.24) is 29.3 Å². The molecule has 3 aliphatic rings. The molecule has 8 nitrogen and oxygen atoms in total. The first-order chi connectivity index (χ1) is 14.7. The number of imidazole rings is 2. The molecule has 3 fully saturated rings. The highest BCUT2D eigenvalue weighted by Crippen LogP contribution is 2.31. The number of aromatic amines is 1. The van der Waals surface area contributed by atoms with Gasteiger partial charge in [-0.3, -0.25) is 4.79 Å². The van der Waals surface area contributed by atoms with Crippen LogP contribution in [0.4, 0.5) is 0 Å². The Kier molecular flexibility index (Phi) is 5.60. The maximum atomic E-state index is 12.5. The minimum Gasteiger partial charge on any atom is -0.365 e. The summed E-state index contributed by atoms with van der Waals surface area (Å²) >= 11 is 0. The summed E-state index contributed by atoms with van der Waals surface area (Å²) in [6, 6.07) is 0. The first kappa shape index (κ1) is 19.8. The first-order valence-corrected chi connectivity index (χ1v) is 11.3. The molecule has 8 heteroatoms. The van der Waals surface area contributed by atoms with Crippen molar-refractivity contribution in [3.8, 4) is 11.5 Å². The number of aryl methyl sites for hydroxylation is 1. The predicted octanol–water partition coefficient (Wildman–Crippen LogP) is 1.93. The van der Waals surface area contributed by atoms with Crippen molar-refractivity contribution >= 4 is 5.91 Å². The van der Waals surface area contributed by atoms with E-state index in [9.17, 15) is 4.79 Å². The molecule has 1 unspecified atom stereocenters. The van der Waals surface area contributed by atoms with Gasteiger partial charge in [-0.05, 0) is 57.5 Å². The van der Waals surface area contributed by atoms with Gasteiger partial charge in [0.2, 0.25) is 5.91 Å². The normalized spacial score (nSPS) is 24.0. The van der Waals surface area contributed by atoms with Gasteiger partial charge in [-0.1, -0.05) is 0 Å². The van der Waals surface area contributed by atoms with E-state index in [0.717, 1.165) is 29.7 Å². The molecule has 1 N–H and O–H groups in total. The zero-order valence-corrected chi connectivity index (χ0v) is 17.8. The minimum absolute atomic E-state index is 0.0233. The first-order valence-electron chi connectivity index (χ1n) is 11.3. The number of hydrogen-bond donors (Lipinski definition) is 1. The lowest BCUT2D eigenvalue weighted by Crippen LogP contribution is -2.50. The monoisotopic (exact) mass is 412 g/mol. The van der Waals surface area contributed by atoms with Crippen LogP contribution in [0.3, 0.4) is 0 Å². The molecule has 30 heavy (non-hydrogen) atoms. The number of carbonyl (C=O) groups excluding carboxylic acids is 1. The summed E-state index contributed by atoms with van der Waals surface area (Å²) in [5, 5.41) is 0. The van der Waals surface area contributed by atoms with Crippen LogP contribution in [-0.2, 0) is 16.1 Å². The summed E-state index contributed by atoms with van der Waals surface area (Å²) in [7, 11) is 0. The second kappa shape index (κ2) is 8.51. The average Bonchev–Trinajstić information content (AvgIpc) is 3.27. The highest BCUT2D eigenvalue weighted by Gasteiger charge is 2.31. The molecule has 0 spiro atoms. The molecule has 4 heterocycles. The second-order valence-corrected chi connectivity index (χ2v) is 9.20. The summed E-state index contributed by atoms with van der Waals surface area (Å²) in [4.78, 5) is 29.1. The highest BCUT2D eigenvalue weighted by molar-refractivity contribution is 5.78. The molecule has 2 saturated heterocycles. The molecule has 162 valence electrons. The SMILES string of the molecule is Cc1[nH]cnc1-c1nccn1CC1CN(CC2CCN(CC3CC3)CC2)C(=O)CO1. The van der Waals surface area contributed by atoms with Gasteiger partial charge >= 0.3 is 0 Å². The van der Waals surface area contributed by atoms with Crippen molar-refractivity contribution in [3.05, 3.63) is 24.4 Å². The van der Waals surface area contributed by atoms with E-state index in [0.29, 0.717) is 19.0 Å². The molecule has 2 aromatic rings. The third kappa shape index (κ3) is 4.44. The third-order valence-corrected chi connectivity index (χ3v) is 6.78. The Morgan fingerprint density at radius 1 is 1.10 bits per heavy atom. The zero-order chi connectivity index (χ0) is 20.5. The van der Waals surface area contributed by atoms with Crippen molar-refractivity contribution < 1.29 is 9.53 Å². The maximum absolute atomic E-state index is 12.5. The van der Waals surface area contributed by atoms with E-state index < -0.39 is 0 Å². The Morgan fingerprint density at radius 2 is 1.90 bits per heavy atom. The summed E-state index contributed by atoms with van der Waals surface area (Å²) in [5.41, 5.74) is 1.86. The van der Waals surface area contributed by atoms with E-state index in [2.05, 4.69) is 24.4 Å². The van der Waals surface area contributed by atoms with Gasteiger partial charge in [0.05, 0.1) is 19.0 Å². The number of ether oxygens (including phenoxy) is 1. The smallest absolute Gasteiger partial charge is 0.248 e. The lowest BCUT2D eigenvalue weighted by molar-refractivity contribution is -0.150. The van der Waals surface area contributed by atoms with E-state index in [1.807, 2.05) is 18.0 Å². The standard InChI is InChI=1S/C22H32N6O2/c1-16-21(25-15-24-16)22-23-6-9-27(22)12-19-13-28(20(29)14-30-19)11-18-4-7-26(8-5-18)10-17-2-3-17/h6,9,15,17-19H,2-5,7-8,10-14H2,1H3,(H,24,25). The number of nitrogens with one attached hydrogen (secondary N) is 1. The van der Waals surface area contributed by atoms with E-state index in [1.165, 1.54) is 45.3 Å². The van der Waals surface area contributed by atoms with E-state index in [-0.39, 0.29) is 18.6 Å². The Morgan fingerprint density at radius 3 is 2.63 bits per heavy atom. The van der Waals surface area contributed by atoms with Crippen LogP contribution in [0.2, 0.25) is 0 Å². The summed E-state index contributed by atoms with van der Waals surface area (Å²) in [5.74, 6) is 2.53. The van der Waals surface area contributed by atoms with Gasteiger partial charge in [-0.15, -0.1) is 0 Å². The van der Waals surface area contributed by atoms with Gasteiger partial charge in [0.1, 0.15) is 12.3 Å². The molecule has 1 atom stereocenters. The summed E-state index contributed by atoms with van der Waals surface area (Å²) < 4.78 is 7.96. The van der Waals surface area contributed by atoms with Crippen LogP contribution in [0.15, 0.2) is 18.7 Å². The summed E-state index contributed by atoms with van der Waals surface area (Å²) in [6.45, 7) is 8.02. The number of morpholine rings is 1. The largest absolute Gasteiger partial charge is 0.365 e. The Hall–Kier alpha value is -2.19. The number of rotatable bonds is 7. The highest BCUT2D eigenvalue weighted by atomic mass is 16.5. The van der Waals surface area contributed by atoms with Crippen molar-refractivity contribution in [2.45, 2.75) is 45.3 Å². The van der Waals surface area contributed by atoms with Crippen LogP contribution in [-0.4, -0.2) is 80.7 Å².